The molecular weight excluding hydrogens is 252 g/mol. The lowest BCUT2D eigenvalue weighted by atomic mass is 9.85. The highest BCUT2D eigenvalue weighted by Crippen LogP contribution is 2.38. The molecule has 0 amide bonds. The van der Waals surface area contributed by atoms with Gasteiger partial charge >= 0.3 is 5.97 Å². The third kappa shape index (κ3) is 1.90. The van der Waals surface area contributed by atoms with Gasteiger partial charge in [-0.1, -0.05) is 6.92 Å². The van der Waals surface area contributed by atoms with Crippen molar-refractivity contribution >= 4 is 16.9 Å². The zero-order valence-electron chi connectivity index (χ0n) is 12.2. The normalized spacial score (nSPS) is 18.1. The smallest absolute Gasteiger partial charge is 0.357 e. The summed E-state index contributed by atoms with van der Waals surface area (Å²) in [5.41, 5.74) is 5.10. The summed E-state index contributed by atoms with van der Waals surface area (Å²) in [5, 5.41) is 1.17. The number of fused-ring (bicyclic) bond motifs is 3. The highest BCUT2D eigenvalue weighted by atomic mass is 16.5. The van der Waals surface area contributed by atoms with Crippen molar-refractivity contribution < 1.29 is 9.53 Å². The molecule has 0 saturated carbocycles. The fraction of sp³-hybridized carbons (Fsp3) is 0.500. The molecule has 0 fully saturated rings. The maximum absolute atomic E-state index is 12.0. The number of H-pyrrole nitrogens is 1. The number of hydrogen-bond donors (Lipinski definition) is 1. The molecule has 20 heavy (non-hydrogen) atoms. The van der Waals surface area contributed by atoms with Crippen molar-refractivity contribution in [2.24, 2.45) is 0 Å². The molecule has 1 aliphatic carbocycles. The van der Waals surface area contributed by atoms with Gasteiger partial charge in [-0.2, -0.15) is 0 Å². The van der Waals surface area contributed by atoms with Gasteiger partial charge in [0.1, 0.15) is 0 Å². The minimum atomic E-state index is -0.328. The monoisotopic (exact) mass is 272 g/mol. The van der Waals surface area contributed by atoms with Gasteiger partial charge < -0.3 is 9.72 Å². The van der Waals surface area contributed by atoms with Crippen LogP contribution >= 0.6 is 0 Å². The van der Waals surface area contributed by atoms with Crippen LogP contribution in [0.5, 0.6) is 0 Å². The Labute approximate surface area is 118 Å². The van der Waals surface area contributed by atoms with E-state index in [2.05, 4.69) is 16.9 Å². The van der Waals surface area contributed by atoms with E-state index in [0.29, 0.717) is 18.2 Å². The average molecular weight is 272 g/mol. The summed E-state index contributed by atoms with van der Waals surface area (Å²) < 4.78 is 5.09. The number of nitrogens with one attached hydrogen (secondary N) is 1. The van der Waals surface area contributed by atoms with Crippen molar-refractivity contribution in [3.05, 3.63) is 28.7 Å². The van der Waals surface area contributed by atoms with Crippen LogP contribution in [-0.2, 0) is 11.2 Å². The molecule has 4 heteroatoms. The number of aryl methyl sites for hydroxylation is 2. The first-order chi connectivity index (χ1) is 9.63. The van der Waals surface area contributed by atoms with Crippen LogP contribution in [0.15, 0.2) is 6.20 Å². The van der Waals surface area contributed by atoms with Crippen LogP contribution in [0.25, 0.3) is 10.9 Å². The number of nitrogens with zero attached hydrogens (tertiary/aromatic N) is 1. The van der Waals surface area contributed by atoms with Crippen LogP contribution in [0.4, 0.5) is 0 Å². The molecule has 2 aromatic rings. The van der Waals surface area contributed by atoms with Crippen LogP contribution < -0.4 is 0 Å². The zero-order chi connectivity index (χ0) is 14.3. The van der Waals surface area contributed by atoms with E-state index < -0.39 is 0 Å². The average Bonchev–Trinajstić information content (AvgIpc) is 2.80. The molecule has 0 radical (unpaired) electrons. The SMILES string of the molecule is CCOC(=O)c1ncc2[nH]c3c(c2c1C)C(C)CCC3. The maximum atomic E-state index is 12.0. The summed E-state index contributed by atoms with van der Waals surface area (Å²) in [4.78, 5) is 19.7. The van der Waals surface area contributed by atoms with E-state index in [1.807, 2.05) is 13.8 Å². The minimum Gasteiger partial charge on any atom is -0.461 e. The number of ether oxygens (including phenoxy) is 1. The maximum Gasteiger partial charge on any atom is 0.357 e. The second-order valence-corrected chi connectivity index (χ2v) is 5.55. The molecule has 4 nitrogen and oxygen atoms in total. The lowest BCUT2D eigenvalue weighted by Crippen LogP contribution is -2.10. The highest BCUT2D eigenvalue weighted by molar-refractivity contribution is 5.97. The molecule has 1 N–H and O–H groups in total. The van der Waals surface area contributed by atoms with E-state index in [1.54, 1.807) is 6.20 Å². The predicted molar refractivity (Wildman–Crippen MR) is 78.1 cm³/mol. The molecule has 0 aliphatic heterocycles. The molecule has 2 aromatic heterocycles. The molecule has 106 valence electrons. The Morgan fingerprint density at radius 1 is 1.55 bits per heavy atom. The Bertz CT molecular complexity index is 673. The third-order valence-corrected chi connectivity index (χ3v) is 4.23. The summed E-state index contributed by atoms with van der Waals surface area (Å²) in [7, 11) is 0. The van der Waals surface area contributed by atoms with Crippen LogP contribution in [0.3, 0.4) is 0 Å². The molecular formula is C16H20N2O2. The number of carbonyl (C=O) groups excluding carboxylic acids is 1. The van der Waals surface area contributed by atoms with Crippen LogP contribution in [0.2, 0.25) is 0 Å². The summed E-state index contributed by atoms with van der Waals surface area (Å²) in [6, 6.07) is 0. The van der Waals surface area contributed by atoms with Crippen molar-refractivity contribution in [2.75, 3.05) is 6.61 Å². The molecule has 0 spiro atoms. The van der Waals surface area contributed by atoms with Crippen molar-refractivity contribution in [3.8, 4) is 0 Å². The first-order valence-corrected chi connectivity index (χ1v) is 7.30. The lowest BCUT2D eigenvalue weighted by molar-refractivity contribution is 0.0519. The van der Waals surface area contributed by atoms with E-state index in [1.165, 1.54) is 29.5 Å². The number of esters is 1. The minimum absolute atomic E-state index is 0.328. The van der Waals surface area contributed by atoms with E-state index in [4.69, 9.17) is 4.74 Å². The number of rotatable bonds is 2. The van der Waals surface area contributed by atoms with Gasteiger partial charge in [-0.3, -0.25) is 0 Å². The topological polar surface area (TPSA) is 55.0 Å². The Balaban J connectivity index is 2.21. The van der Waals surface area contributed by atoms with Gasteiger partial charge in [-0.05, 0) is 50.2 Å². The first-order valence-electron chi connectivity index (χ1n) is 7.30. The zero-order valence-corrected chi connectivity index (χ0v) is 12.2. The number of aromatic nitrogens is 2. The van der Waals surface area contributed by atoms with Gasteiger partial charge in [0.25, 0.3) is 0 Å². The second kappa shape index (κ2) is 4.93. The van der Waals surface area contributed by atoms with Crippen molar-refractivity contribution in [3.63, 3.8) is 0 Å². The van der Waals surface area contributed by atoms with Crippen molar-refractivity contribution in [1.29, 1.82) is 0 Å². The Morgan fingerprint density at radius 2 is 2.35 bits per heavy atom. The van der Waals surface area contributed by atoms with E-state index in [9.17, 15) is 4.79 Å². The van der Waals surface area contributed by atoms with Crippen LogP contribution in [0.1, 0.15) is 59.9 Å². The molecule has 1 unspecified atom stereocenters. The van der Waals surface area contributed by atoms with Gasteiger partial charge in [-0.15, -0.1) is 0 Å². The van der Waals surface area contributed by atoms with E-state index in [-0.39, 0.29) is 5.97 Å². The second-order valence-electron chi connectivity index (χ2n) is 5.55. The number of aromatic amines is 1. The van der Waals surface area contributed by atoms with E-state index in [0.717, 1.165) is 17.5 Å². The summed E-state index contributed by atoms with van der Waals surface area (Å²) in [6.45, 7) is 6.41. The van der Waals surface area contributed by atoms with Crippen molar-refractivity contribution in [2.45, 2.75) is 46.0 Å². The summed E-state index contributed by atoms with van der Waals surface area (Å²) >= 11 is 0. The Kier molecular flexibility index (Phi) is 3.24. The molecule has 0 saturated heterocycles. The number of hydrogen-bond acceptors (Lipinski definition) is 3. The van der Waals surface area contributed by atoms with Crippen LogP contribution in [-0.4, -0.2) is 22.5 Å². The summed E-state index contributed by atoms with van der Waals surface area (Å²) in [5.74, 6) is 0.203. The molecule has 0 bridgehead atoms. The molecule has 0 aromatic carbocycles. The molecule has 3 rings (SSSR count). The largest absolute Gasteiger partial charge is 0.461 e. The fourth-order valence-corrected chi connectivity index (χ4v) is 3.31. The van der Waals surface area contributed by atoms with Gasteiger partial charge in [0.15, 0.2) is 5.69 Å². The third-order valence-electron chi connectivity index (χ3n) is 4.23. The fourth-order valence-electron chi connectivity index (χ4n) is 3.31. The Morgan fingerprint density at radius 3 is 3.10 bits per heavy atom. The molecule has 1 atom stereocenters. The van der Waals surface area contributed by atoms with Gasteiger partial charge in [0.2, 0.25) is 0 Å². The van der Waals surface area contributed by atoms with Crippen LogP contribution in [0, 0.1) is 6.92 Å². The molecule has 1 aliphatic rings. The first kappa shape index (κ1) is 13.2. The number of pyridine rings is 1. The quantitative estimate of drug-likeness (QED) is 0.851. The predicted octanol–water partition coefficient (Wildman–Crippen LogP) is 3.49. The molecule has 2 heterocycles. The van der Waals surface area contributed by atoms with E-state index >= 15 is 0 Å². The van der Waals surface area contributed by atoms with Crippen molar-refractivity contribution in [1.82, 2.24) is 9.97 Å². The summed E-state index contributed by atoms with van der Waals surface area (Å²) in [6.07, 6.45) is 5.27. The van der Waals surface area contributed by atoms with Gasteiger partial charge in [0, 0.05) is 11.1 Å². The Hall–Kier alpha value is -1.84. The van der Waals surface area contributed by atoms with Gasteiger partial charge in [-0.25, -0.2) is 9.78 Å². The van der Waals surface area contributed by atoms with Gasteiger partial charge in [0.05, 0.1) is 18.3 Å². The standard InChI is InChI=1S/C16H20N2O2/c1-4-20-16(19)15-10(3)14-12(8-17-15)18-11-7-5-6-9(2)13(11)14/h8-9,18H,4-7H2,1-3H3. The number of carbonyl (C=O) groups is 1. The highest BCUT2D eigenvalue weighted by Gasteiger charge is 2.25. The lowest BCUT2D eigenvalue weighted by Gasteiger charge is -2.19.